The Morgan fingerprint density at radius 2 is 1.95 bits per heavy atom. The molecule has 0 aliphatic carbocycles. The molecule has 1 unspecified atom stereocenters. The van der Waals surface area contributed by atoms with Crippen molar-refractivity contribution in [3.63, 3.8) is 0 Å². The van der Waals surface area contributed by atoms with Crippen LogP contribution in [0.15, 0.2) is 32.3 Å². The highest BCUT2D eigenvalue weighted by atomic mass is 79.9. The van der Waals surface area contributed by atoms with Gasteiger partial charge in [0.1, 0.15) is 0 Å². The Labute approximate surface area is 137 Å². The Morgan fingerprint density at radius 1 is 1.25 bits per heavy atom. The number of thioether (sulfide) groups is 1. The first-order valence-corrected chi connectivity index (χ1v) is 9.37. The molecule has 1 aliphatic heterocycles. The van der Waals surface area contributed by atoms with E-state index in [1.807, 2.05) is 23.1 Å². The van der Waals surface area contributed by atoms with Gasteiger partial charge in [0.2, 0.25) is 0 Å². The number of halogens is 1. The molecule has 1 aromatic heterocycles. The van der Waals surface area contributed by atoms with Gasteiger partial charge < -0.3 is 5.32 Å². The molecule has 0 saturated heterocycles. The van der Waals surface area contributed by atoms with Crippen LogP contribution in [0.3, 0.4) is 0 Å². The molecule has 106 valence electrons. The molecule has 1 aliphatic rings. The third-order valence-electron chi connectivity index (χ3n) is 3.69. The Hall–Kier alpha value is -0.450. The standard InChI is InChI=1S/C16H18BrNS2/c1-9-6-12(7-10(2)15(9)17)18-14-8-11(3)20-16-13(14)4-5-19-16/h4-7,11,14,18H,8H2,1-3H3/t11-,14?/m0/s1. The Balaban J connectivity index is 1.89. The first kappa shape index (κ1) is 14.5. The monoisotopic (exact) mass is 367 g/mol. The second kappa shape index (κ2) is 5.74. The summed E-state index contributed by atoms with van der Waals surface area (Å²) in [6.45, 7) is 6.62. The minimum Gasteiger partial charge on any atom is -0.378 e. The van der Waals surface area contributed by atoms with Crippen LogP contribution in [-0.2, 0) is 0 Å². The van der Waals surface area contributed by atoms with E-state index in [1.54, 1.807) is 0 Å². The number of hydrogen-bond donors (Lipinski definition) is 1. The minimum absolute atomic E-state index is 0.437. The van der Waals surface area contributed by atoms with Crippen molar-refractivity contribution in [1.29, 1.82) is 0 Å². The van der Waals surface area contributed by atoms with Crippen molar-refractivity contribution in [1.82, 2.24) is 0 Å². The SMILES string of the molecule is Cc1cc(NC2C[C@H](C)Sc3sccc32)cc(C)c1Br. The average molecular weight is 368 g/mol. The Bertz CT molecular complexity index is 612. The van der Waals surface area contributed by atoms with Crippen LogP contribution in [0.5, 0.6) is 0 Å². The molecule has 20 heavy (non-hydrogen) atoms. The summed E-state index contributed by atoms with van der Waals surface area (Å²) in [4.78, 5) is 0. The second-order valence-electron chi connectivity index (χ2n) is 5.45. The maximum atomic E-state index is 3.73. The van der Waals surface area contributed by atoms with Gasteiger partial charge in [0.05, 0.1) is 10.3 Å². The molecule has 0 saturated carbocycles. The van der Waals surface area contributed by atoms with Crippen molar-refractivity contribution in [2.45, 2.75) is 42.7 Å². The number of anilines is 1. The van der Waals surface area contributed by atoms with Gasteiger partial charge in [-0.05, 0) is 60.5 Å². The quantitative estimate of drug-likeness (QED) is 0.681. The van der Waals surface area contributed by atoms with Crippen LogP contribution >= 0.6 is 39.0 Å². The number of rotatable bonds is 2. The Kier molecular flexibility index (Phi) is 4.16. The highest BCUT2D eigenvalue weighted by Gasteiger charge is 2.26. The summed E-state index contributed by atoms with van der Waals surface area (Å²) in [7, 11) is 0. The largest absolute Gasteiger partial charge is 0.378 e. The summed E-state index contributed by atoms with van der Waals surface area (Å²) in [5.74, 6) is 0. The van der Waals surface area contributed by atoms with Crippen molar-refractivity contribution in [3.8, 4) is 0 Å². The van der Waals surface area contributed by atoms with E-state index in [2.05, 4.69) is 65.6 Å². The van der Waals surface area contributed by atoms with Gasteiger partial charge in [-0.2, -0.15) is 0 Å². The maximum absolute atomic E-state index is 3.73. The molecule has 0 amide bonds. The number of thiophene rings is 1. The van der Waals surface area contributed by atoms with Crippen LogP contribution in [-0.4, -0.2) is 5.25 Å². The maximum Gasteiger partial charge on any atom is 0.0653 e. The van der Waals surface area contributed by atoms with Crippen LogP contribution in [0.4, 0.5) is 5.69 Å². The van der Waals surface area contributed by atoms with Gasteiger partial charge in [-0.1, -0.05) is 22.9 Å². The van der Waals surface area contributed by atoms with Crippen LogP contribution in [0.2, 0.25) is 0 Å². The van der Waals surface area contributed by atoms with Crippen LogP contribution in [0.25, 0.3) is 0 Å². The van der Waals surface area contributed by atoms with Crippen molar-refractivity contribution < 1.29 is 0 Å². The number of benzene rings is 1. The number of fused-ring (bicyclic) bond motifs is 1. The van der Waals surface area contributed by atoms with Crippen molar-refractivity contribution >= 4 is 44.7 Å². The highest BCUT2D eigenvalue weighted by Crippen LogP contribution is 2.45. The van der Waals surface area contributed by atoms with Gasteiger partial charge >= 0.3 is 0 Å². The predicted molar refractivity (Wildman–Crippen MR) is 94.2 cm³/mol. The highest BCUT2D eigenvalue weighted by molar-refractivity contribution is 9.10. The van der Waals surface area contributed by atoms with Crippen molar-refractivity contribution in [2.24, 2.45) is 0 Å². The zero-order valence-electron chi connectivity index (χ0n) is 11.9. The summed E-state index contributed by atoms with van der Waals surface area (Å²) < 4.78 is 2.69. The molecule has 3 rings (SSSR count). The fourth-order valence-electron chi connectivity index (χ4n) is 2.72. The zero-order valence-corrected chi connectivity index (χ0v) is 15.1. The fourth-order valence-corrected chi connectivity index (χ4v) is 5.51. The Morgan fingerprint density at radius 3 is 2.65 bits per heavy atom. The summed E-state index contributed by atoms with van der Waals surface area (Å²) in [6.07, 6.45) is 1.18. The normalized spacial score (nSPS) is 21.6. The zero-order chi connectivity index (χ0) is 14.3. The molecule has 2 heterocycles. The number of hydrogen-bond acceptors (Lipinski definition) is 3. The molecule has 0 bridgehead atoms. The lowest BCUT2D eigenvalue weighted by Gasteiger charge is -2.28. The lowest BCUT2D eigenvalue weighted by molar-refractivity contribution is 0.670. The van der Waals surface area contributed by atoms with E-state index in [1.165, 1.54) is 37.5 Å². The lowest BCUT2D eigenvalue weighted by Crippen LogP contribution is -2.19. The smallest absolute Gasteiger partial charge is 0.0653 e. The summed E-state index contributed by atoms with van der Waals surface area (Å²) in [6, 6.07) is 7.17. The van der Waals surface area contributed by atoms with Crippen LogP contribution in [0.1, 0.15) is 36.1 Å². The van der Waals surface area contributed by atoms with Crippen molar-refractivity contribution in [2.75, 3.05) is 5.32 Å². The summed E-state index contributed by atoms with van der Waals surface area (Å²) >= 11 is 7.52. The third-order valence-corrected chi connectivity index (χ3v) is 7.28. The molecule has 0 spiro atoms. The topological polar surface area (TPSA) is 12.0 Å². The van der Waals surface area contributed by atoms with E-state index in [0.29, 0.717) is 11.3 Å². The van der Waals surface area contributed by atoms with Crippen molar-refractivity contribution in [3.05, 3.63) is 44.7 Å². The minimum atomic E-state index is 0.437. The number of aryl methyl sites for hydroxylation is 2. The summed E-state index contributed by atoms with van der Waals surface area (Å²) in [5, 5.41) is 6.62. The third kappa shape index (κ3) is 2.78. The van der Waals surface area contributed by atoms with Crippen LogP contribution < -0.4 is 5.32 Å². The molecular weight excluding hydrogens is 350 g/mol. The molecule has 1 N–H and O–H groups in total. The first-order valence-electron chi connectivity index (χ1n) is 6.82. The summed E-state index contributed by atoms with van der Waals surface area (Å²) in [5.41, 5.74) is 5.27. The lowest BCUT2D eigenvalue weighted by atomic mass is 10.0. The van der Waals surface area contributed by atoms with E-state index in [-0.39, 0.29) is 0 Å². The molecular formula is C16H18BrNS2. The van der Waals surface area contributed by atoms with E-state index in [4.69, 9.17) is 0 Å². The molecule has 1 nitrogen and oxygen atoms in total. The van der Waals surface area contributed by atoms with Gasteiger partial charge in [-0.25, -0.2) is 0 Å². The van der Waals surface area contributed by atoms with Gasteiger partial charge in [-0.15, -0.1) is 23.1 Å². The molecule has 0 radical (unpaired) electrons. The molecule has 2 atom stereocenters. The van der Waals surface area contributed by atoms with E-state index >= 15 is 0 Å². The van der Waals surface area contributed by atoms with Gasteiger partial charge in [-0.3, -0.25) is 0 Å². The molecule has 1 aromatic carbocycles. The van der Waals surface area contributed by atoms with E-state index < -0.39 is 0 Å². The second-order valence-corrected chi connectivity index (χ2v) is 8.86. The first-order chi connectivity index (χ1) is 9.54. The fraction of sp³-hybridized carbons (Fsp3) is 0.375. The van der Waals surface area contributed by atoms with Gasteiger partial charge in [0.15, 0.2) is 0 Å². The van der Waals surface area contributed by atoms with Gasteiger partial charge in [0, 0.05) is 15.4 Å². The predicted octanol–water partition coefficient (Wildman–Crippen LogP) is 6.16. The average Bonchev–Trinajstić information content (AvgIpc) is 2.84. The number of nitrogens with one attached hydrogen (secondary N) is 1. The van der Waals surface area contributed by atoms with E-state index in [9.17, 15) is 0 Å². The molecule has 0 fully saturated rings. The van der Waals surface area contributed by atoms with Crippen LogP contribution in [0, 0.1) is 13.8 Å². The van der Waals surface area contributed by atoms with E-state index in [0.717, 1.165) is 0 Å². The molecule has 4 heteroatoms. The van der Waals surface area contributed by atoms with Gasteiger partial charge in [0.25, 0.3) is 0 Å². The molecule has 2 aromatic rings.